The van der Waals surface area contributed by atoms with Crippen LogP contribution < -0.4 is 10.9 Å². The fourth-order valence-electron chi connectivity index (χ4n) is 1.79. The van der Waals surface area contributed by atoms with Crippen LogP contribution >= 0.6 is 46.7 Å². The highest BCUT2D eigenvalue weighted by Crippen LogP contribution is 2.25. The maximum absolute atomic E-state index is 12.1. The van der Waals surface area contributed by atoms with E-state index in [1.54, 1.807) is 30.0 Å². The number of H-pyrrole nitrogens is 1. The first-order chi connectivity index (χ1) is 11.8. The number of thioether (sulfide) groups is 2. The molecular formula is C16H17Cl2N3O2S2. The van der Waals surface area contributed by atoms with Crippen molar-refractivity contribution in [2.24, 2.45) is 0 Å². The molecule has 0 radical (unpaired) electrons. The molecule has 0 unspecified atom stereocenters. The molecule has 1 heterocycles. The second kappa shape index (κ2) is 9.52. The summed E-state index contributed by atoms with van der Waals surface area (Å²) in [6.45, 7) is 4.17. The molecule has 0 aliphatic rings. The molecule has 2 N–H and O–H groups in total. The van der Waals surface area contributed by atoms with Gasteiger partial charge in [-0.25, -0.2) is 4.98 Å². The first kappa shape index (κ1) is 20.2. The quantitative estimate of drug-likeness (QED) is 0.513. The van der Waals surface area contributed by atoms with Gasteiger partial charge in [0.2, 0.25) is 5.91 Å². The van der Waals surface area contributed by atoms with Crippen molar-refractivity contribution in [3.05, 3.63) is 50.4 Å². The van der Waals surface area contributed by atoms with Gasteiger partial charge in [-0.3, -0.25) is 9.59 Å². The highest BCUT2D eigenvalue weighted by molar-refractivity contribution is 7.99. The summed E-state index contributed by atoms with van der Waals surface area (Å²) in [5, 5.41) is 4.44. The third-order valence-electron chi connectivity index (χ3n) is 2.88. The zero-order valence-electron chi connectivity index (χ0n) is 13.6. The molecule has 0 spiro atoms. The fraction of sp³-hybridized carbons (Fsp3) is 0.312. The molecule has 9 heteroatoms. The van der Waals surface area contributed by atoms with Gasteiger partial charge in [-0.05, 0) is 23.4 Å². The number of rotatable bonds is 7. The average Bonchev–Trinajstić information content (AvgIpc) is 2.53. The van der Waals surface area contributed by atoms with E-state index in [2.05, 4.69) is 29.1 Å². The monoisotopic (exact) mass is 417 g/mol. The van der Waals surface area contributed by atoms with Gasteiger partial charge in [-0.2, -0.15) is 11.8 Å². The summed E-state index contributed by atoms with van der Waals surface area (Å²) in [6, 6.07) is 6.32. The smallest absolute Gasteiger partial charge is 0.251 e. The Labute approximate surface area is 164 Å². The zero-order chi connectivity index (χ0) is 18.4. The molecule has 134 valence electrons. The number of halogens is 2. The molecule has 2 aromatic rings. The predicted octanol–water partition coefficient (Wildman–Crippen LogP) is 4.45. The van der Waals surface area contributed by atoms with Gasteiger partial charge in [0.15, 0.2) is 5.16 Å². The molecule has 0 aliphatic heterocycles. The summed E-state index contributed by atoms with van der Waals surface area (Å²) in [6.07, 6.45) is 0. The maximum atomic E-state index is 12.1. The van der Waals surface area contributed by atoms with Crippen molar-refractivity contribution in [3.8, 4) is 0 Å². The number of hydrogen-bond donors (Lipinski definition) is 2. The number of carbonyl (C=O) groups excluding carboxylic acids is 1. The van der Waals surface area contributed by atoms with Crippen molar-refractivity contribution >= 4 is 58.3 Å². The van der Waals surface area contributed by atoms with Gasteiger partial charge in [0.05, 0.1) is 22.2 Å². The maximum Gasteiger partial charge on any atom is 0.251 e. The standard InChI is InChI=1S/C16H17Cl2N3O2S2/c1-9(2)24-7-11-6-14(22)21-16(19-11)25-8-15(23)20-13-4-3-10(17)5-12(13)18/h3-6,9H,7-8H2,1-2H3,(H,20,23)(H,19,21,22). The lowest BCUT2D eigenvalue weighted by Gasteiger charge is -2.08. The zero-order valence-corrected chi connectivity index (χ0v) is 16.8. The topological polar surface area (TPSA) is 74.8 Å². The molecule has 1 aromatic carbocycles. The van der Waals surface area contributed by atoms with Gasteiger partial charge in [0, 0.05) is 16.8 Å². The van der Waals surface area contributed by atoms with Crippen LogP contribution in [0.15, 0.2) is 34.2 Å². The molecule has 0 fully saturated rings. The Morgan fingerprint density at radius 3 is 2.76 bits per heavy atom. The van der Waals surface area contributed by atoms with Crippen LogP contribution in [0.5, 0.6) is 0 Å². The van der Waals surface area contributed by atoms with Crippen LogP contribution in [0.3, 0.4) is 0 Å². The van der Waals surface area contributed by atoms with Crippen LogP contribution in [0.1, 0.15) is 19.5 Å². The predicted molar refractivity (Wildman–Crippen MR) is 107 cm³/mol. The summed E-state index contributed by atoms with van der Waals surface area (Å²) in [7, 11) is 0. The van der Waals surface area contributed by atoms with Gasteiger partial charge in [0.25, 0.3) is 5.56 Å². The summed E-state index contributed by atoms with van der Waals surface area (Å²) < 4.78 is 0. The first-order valence-corrected chi connectivity index (χ1v) is 10.2. The van der Waals surface area contributed by atoms with Crippen LogP contribution in [0.25, 0.3) is 0 Å². The van der Waals surface area contributed by atoms with Gasteiger partial charge in [0.1, 0.15) is 0 Å². The highest BCUT2D eigenvalue weighted by atomic mass is 35.5. The third-order valence-corrected chi connectivity index (χ3v) is 5.43. The Balaban J connectivity index is 1.95. The van der Waals surface area contributed by atoms with E-state index >= 15 is 0 Å². The summed E-state index contributed by atoms with van der Waals surface area (Å²) in [5.74, 6) is 0.503. The van der Waals surface area contributed by atoms with Crippen LogP contribution in [0.2, 0.25) is 10.0 Å². The van der Waals surface area contributed by atoms with E-state index < -0.39 is 0 Å². The van der Waals surface area contributed by atoms with Crippen molar-refractivity contribution in [3.63, 3.8) is 0 Å². The second-order valence-electron chi connectivity index (χ2n) is 5.36. The van der Waals surface area contributed by atoms with Crippen LogP contribution in [-0.2, 0) is 10.5 Å². The molecule has 0 saturated carbocycles. The van der Waals surface area contributed by atoms with Crippen LogP contribution in [0.4, 0.5) is 5.69 Å². The van der Waals surface area contributed by atoms with Gasteiger partial charge >= 0.3 is 0 Å². The van der Waals surface area contributed by atoms with Crippen molar-refractivity contribution < 1.29 is 4.79 Å². The van der Waals surface area contributed by atoms with E-state index in [9.17, 15) is 9.59 Å². The molecular weight excluding hydrogens is 401 g/mol. The second-order valence-corrected chi connectivity index (χ2v) is 8.74. The van der Waals surface area contributed by atoms with Crippen LogP contribution in [0, 0.1) is 0 Å². The Kier molecular flexibility index (Phi) is 7.68. The number of nitrogens with one attached hydrogen (secondary N) is 2. The summed E-state index contributed by atoms with van der Waals surface area (Å²) in [4.78, 5) is 30.8. The Bertz CT molecular complexity index is 812. The summed E-state index contributed by atoms with van der Waals surface area (Å²) in [5.41, 5.74) is 0.962. The Morgan fingerprint density at radius 1 is 1.32 bits per heavy atom. The summed E-state index contributed by atoms with van der Waals surface area (Å²) >= 11 is 14.7. The number of aromatic nitrogens is 2. The van der Waals surface area contributed by atoms with Crippen molar-refractivity contribution in [2.75, 3.05) is 11.1 Å². The number of aromatic amines is 1. The minimum atomic E-state index is -0.251. The van der Waals surface area contributed by atoms with E-state index in [4.69, 9.17) is 23.2 Å². The number of amides is 1. The molecule has 0 bridgehead atoms. The Hall–Kier alpha value is -1.15. The van der Waals surface area contributed by atoms with E-state index in [0.717, 1.165) is 11.8 Å². The lowest BCUT2D eigenvalue weighted by molar-refractivity contribution is -0.113. The number of carbonyl (C=O) groups is 1. The Morgan fingerprint density at radius 2 is 2.08 bits per heavy atom. The minimum Gasteiger partial charge on any atom is -0.324 e. The van der Waals surface area contributed by atoms with E-state index in [1.807, 2.05) is 0 Å². The fourth-order valence-corrected chi connectivity index (χ4v) is 3.59. The van der Waals surface area contributed by atoms with Crippen LogP contribution in [-0.4, -0.2) is 26.9 Å². The normalized spacial score (nSPS) is 10.9. The van der Waals surface area contributed by atoms with Crippen molar-refractivity contribution in [1.82, 2.24) is 9.97 Å². The third kappa shape index (κ3) is 6.93. The molecule has 2 rings (SSSR count). The van der Waals surface area contributed by atoms with E-state index in [0.29, 0.717) is 37.6 Å². The number of hydrogen-bond acceptors (Lipinski definition) is 5. The molecule has 25 heavy (non-hydrogen) atoms. The molecule has 1 amide bonds. The largest absolute Gasteiger partial charge is 0.324 e. The molecule has 0 aliphatic carbocycles. The number of benzene rings is 1. The first-order valence-electron chi connectivity index (χ1n) is 7.43. The molecule has 0 saturated heterocycles. The van der Waals surface area contributed by atoms with Crippen molar-refractivity contribution in [2.45, 2.75) is 30.0 Å². The highest BCUT2D eigenvalue weighted by Gasteiger charge is 2.09. The lowest BCUT2D eigenvalue weighted by Crippen LogP contribution is -2.16. The lowest BCUT2D eigenvalue weighted by atomic mass is 10.3. The molecule has 5 nitrogen and oxygen atoms in total. The average molecular weight is 418 g/mol. The van der Waals surface area contributed by atoms with Gasteiger partial charge in [-0.15, -0.1) is 0 Å². The van der Waals surface area contributed by atoms with E-state index in [-0.39, 0.29) is 17.2 Å². The van der Waals surface area contributed by atoms with Gasteiger partial charge < -0.3 is 10.3 Å². The molecule has 1 aromatic heterocycles. The van der Waals surface area contributed by atoms with Gasteiger partial charge in [-0.1, -0.05) is 48.8 Å². The number of nitrogens with zero attached hydrogens (tertiary/aromatic N) is 1. The SMILES string of the molecule is CC(C)SCc1cc(=O)[nH]c(SCC(=O)Nc2ccc(Cl)cc2Cl)n1. The number of anilines is 1. The minimum absolute atomic E-state index is 0.0999. The van der Waals surface area contributed by atoms with E-state index in [1.165, 1.54) is 6.07 Å². The molecule has 0 atom stereocenters. The van der Waals surface area contributed by atoms with Crippen molar-refractivity contribution in [1.29, 1.82) is 0 Å².